The van der Waals surface area contributed by atoms with E-state index in [0.29, 0.717) is 6.04 Å². The zero-order valence-corrected chi connectivity index (χ0v) is 8.40. The summed E-state index contributed by atoms with van der Waals surface area (Å²) in [4.78, 5) is 6.54. The number of piperazine rings is 1. The van der Waals surface area contributed by atoms with Crippen molar-refractivity contribution < 1.29 is 0 Å². The minimum atomic E-state index is 0.505. The van der Waals surface area contributed by atoms with Crippen LogP contribution in [0.25, 0.3) is 0 Å². The number of hydrogen-bond acceptors (Lipinski definition) is 4. The molecular weight excluding hydrogens is 176 g/mol. The molecule has 0 bridgehead atoms. The molecule has 0 amide bonds. The van der Waals surface area contributed by atoms with Gasteiger partial charge in [0.05, 0.1) is 5.69 Å². The zero-order chi connectivity index (χ0) is 9.97. The molecule has 14 heavy (non-hydrogen) atoms. The van der Waals surface area contributed by atoms with Crippen LogP contribution in [0.3, 0.4) is 0 Å². The van der Waals surface area contributed by atoms with Gasteiger partial charge in [0.2, 0.25) is 0 Å². The lowest BCUT2D eigenvalue weighted by Gasteiger charge is -2.33. The molecule has 2 rings (SSSR count). The third-order valence-corrected chi connectivity index (χ3v) is 2.49. The van der Waals surface area contributed by atoms with Crippen LogP contribution in [-0.4, -0.2) is 30.7 Å². The van der Waals surface area contributed by atoms with Crippen molar-refractivity contribution in [3.05, 3.63) is 18.3 Å². The van der Waals surface area contributed by atoms with Crippen LogP contribution in [0.1, 0.15) is 6.92 Å². The topological polar surface area (TPSA) is 54.2 Å². The van der Waals surface area contributed by atoms with Gasteiger partial charge in [-0.3, -0.25) is 0 Å². The molecular formula is C10H16N4. The molecule has 4 nitrogen and oxygen atoms in total. The second kappa shape index (κ2) is 3.84. The lowest BCUT2D eigenvalue weighted by atomic mass is 10.2. The molecule has 3 N–H and O–H groups in total. The fourth-order valence-electron chi connectivity index (χ4n) is 1.80. The van der Waals surface area contributed by atoms with Crippen molar-refractivity contribution in [1.29, 1.82) is 0 Å². The number of anilines is 2. The van der Waals surface area contributed by atoms with Gasteiger partial charge >= 0.3 is 0 Å². The molecule has 0 saturated carbocycles. The summed E-state index contributed by atoms with van der Waals surface area (Å²) >= 11 is 0. The Labute approximate surface area is 84.1 Å². The van der Waals surface area contributed by atoms with Gasteiger partial charge in [-0.2, -0.15) is 0 Å². The maximum Gasteiger partial charge on any atom is 0.151 e. The van der Waals surface area contributed by atoms with Crippen LogP contribution in [0.4, 0.5) is 11.5 Å². The summed E-state index contributed by atoms with van der Waals surface area (Å²) in [5.41, 5.74) is 6.64. The summed E-state index contributed by atoms with van der Waals surface area (Å²) in [6, 6.07) is 4.27. The van der Waals surface area contributed by atoms with E-state index >= 15 is 0 Å². The number of rotatable bonds is 1. The summed E-state index contributed by atoms with van der Waals surface area (Å²) in [6.45, 7) is 5.12. The van der Waals surface area contributed by atoms with E-state index in [1.807, 2.05) is 12.1 Å². The molecule has 1 saturated heterocycles. The molecule has 0 aromatic carbocycles. The Hall–Kier alpha value is -1.29. The summed E-state index contributed by atoms with van der Waals surface area (Å²) in [6.07, 6.45) is 1.79. The van der Waals surface area contributed by atoms with Crippen molar-refractivity contribution in [2.45, 2.75) is 13.0 Å². The van der Waals surface area contributed by atoms with E-state index in [-0.39, 0.29) is 0 Å². The molecule has 76 valence electrons. The zero-order valence-electron chi connectivity index (χ0n) is 8.40. The average Bonchev–Trinajstić information content (AvgIpc) is 2.18. The number of nitrogen functional groups attached to an aromatic ring is 1. The molecule has 0 aliphatic carbocycles. The van der Waals surface area contributed by atoms with Crippen molar-refractivity contribution in [1.82, 2.24) is 10.3 Å². The van der Waals surface area contributed by atoms with E-state index in [4.69, 9.17) is 5.73 Å². The molecule has 1 fully saturated rings. The summed E-state index contributed by atoms with van der Waals surface area (Å²) < 4.78 is 0. The number of nitrogens with two attached hydrogens (primary N) is 1. The number of nitrogens with one attached hydrogen (secondary N) is 1. The van der Waals surface area contributed by atoms with Crippen LogP contribution >= 0.6 is 0 Å². The van der Waals surface area contributed by atoms with Gasteiger partial charge in [0.15, 0.2) is 5.82 Å². The second-order valence-corrected chi connectivity index (χ2v) is 3.72. The number of hydrogen-bond donors (Lipinski definition) is 2. The minimum Gasteiger partial charge on any atom is -0.396 e. The van der Waals surface area contributed by atoms with Crippen molar-refractivity contribution >= 4 is 11.5 Å². The summed E-state index contributed by atoms with van der Waals surface area (Å²) in [7, 11) is 0. The SMILES string of the molecule is C[C@H]1CN(c2ncccc2N)CCN1. The lowest BCUT2D eigenvalue weighted by molar-refractivity contribution is 0.482. The van der Waals surface area contributed by atoms with E-state index < -0.39 is 0 Å². The number of pyridine rings is 1. The first kappa shape index (κ1) is 9.27. The molecule has 1 atom stereocenters. The Morgan fingerprint density at radius 2 is 2.50 bits per heavy atom. The van der Waals surface area contributed by atoms with Gasteiger partial charge in [-0.1, -0.05) is 0 Å². The Morgan fingerprint density at radius 1 is 1.64 bits per heavy atom. The van der Waals surface area contributed by atoms with Crippen molar-refractivity contribution in [2.75, 3.05) is 30.3 Å². The molecule has 4 heteroatoms. The fourth-order valence-corrected chi connectivity index (χ4v) is 1.80. The number of nitrogens with zero attached hydrogens (tertiary/aromatic N) is 2. The monoisotopic (exact) mass is 192 g/mol. The minimum absolute atomic E-state index is 0.505. The Morgan fingerprint density at radius 3 is 3.21 bits per heavy atom. The van der Waals surface area contributed by atoms with Crippen LogP contribution in [0.5, 0.6) is 0 Å². The Kier molecular flexibility index (Phi) is 2.54. The fraction of sp³-hybridized carbons (Fsp3) is 0.500. The van der Waals surface area contributed by atoms with Gasteiger partial charge in [-0.15, -0.1) is 0 Å². The van der Waals surface area contributed by atoms with E-state index in [0.717, 1.165) is 31.1 Å². The molecule has 1 aromatic rings. The quantitative estimate of drug-likeness (QED) is 0.679. The standard InChI is InChI=1S/C10H16N4/c1-8-7-14(6-5-12-8)10-9(11)3-2-4-13-10/h2-4,8,12H,5-7,11H2,1H3/t8-/m0/s1. The second-order valence-electron chi connectivity index (χ2n) is 3.72. The molecule has 1 aliphatic heterocycles. The van der Waals surface area contributed by atoms with Gasteiger partial charge in [0.1, 0.15) is 0 Å². The first-order valence-corrected chi connectivity index (χ1v) is 4.96. The molecule has 1 aliphatic rings. The van der Waals surface area contributed by atoms with Crippen molar-refractivity contribution in [2.24, 2.45) is 0 Å². The van der Waals surface area contributed by atoms with Crippen LogP contribution in [0.2, 0.25) is 0 Å². The highest BCUT2D eigenvalue weighted by Crippen LogP contribution is 2.19. The number of aromatic nitrogens is 1. The predicted molar refractivity (Wildman–Crippen MR) is 58.3 cm³/mol. The highest BCUT2D eigenvalue weighted by molar-refractivity contribution is 5.62. The Bertz CT molecular complexity index is 313. The van der Waals surface area contributed by atoms with Crippen molar-refractivity contribution in [3.8, 4) is 0 Å². The van der Waals surface area contributed by atoms with E-state index in [1.165, 1.54) is 0 Å². The molecule has 0 unspecified atom stereocenters. The smallest absolute Gasteiger partial charge is 0.151 e. The Balaban J connectivity index is 2.18. The highest BCUT2D eigenvalue weighted by atomic mass is 15.2. The van der Waals surface area contributed by atoms with Gasteiger partial charge in [0.25, 0.3) is 0 Å². The van der Waals surface area contributed by atoms with Gasteiger partial charge < -0.3 is 16.0 Å². The maximum atomic E-state index is 5.87. The van der Waals surface area contributed by atoms with Crippen LogP contribution in [0.15, 0.2) is 18.3 Å². The van der Waals surface area contributed by atoms with Crippen LogP contribution in [-0.2, 0) is 0 Å². The van der Waals surface area contributed by atoms with Gasteiger partial charge in [-0.25, -0.2) is 4.98 Å². The largest absolute Gasteiger partial charge is 0.396 e. The van der Waals surface area contributed by atoms with Crippen LogP contribution in [0, 0.1) is 0 Å². The third kappa shape index (κ3) is 1.80. The molecule has 2 heterocycles. The van der Waals surface area contributed by atoms with Gasteiger partial charge in [0, 0.05) is 31.9 Å². The first-order chi connectivity index (χ1) is 6.77. The molecule has 0 radical (unpaired) electrons. The first-order valence-electron chi connectivity index (χ1n) is 4.96. The van der Waals surface area contributed by atoms with Gasteiger partial charge in [-0.05, 0) is 19.1 Å². The normalized spacial score (nSPS) is 22.4. The summed E-state index contributed by atoms with van der Waals surface area (Å²) in [5.74, 6) is 0.917. The lowest BCUT2D eigenvalue weighted by Crippen LogP contribution is -2.49. The van der Waals surface area contributed by atoms with Crippen molar-refractivity contribution in [3.63, 3.8) is 0 Å². The highest BCUT2D eigenvalue weighted by Gasteiger charge is 2.17. The molecule has 0 spiro atoms. The molecule has 1 aromatic heterocycles. The van der Waals surface area contributed by atoms with E-state index in [1.54, 1.807) is 6.20 Å². The predicted octanol–water partition coefficient (Wildman–Crippen LogP) is 0.462. The third-order valence-electron chi connectivity index (χ3n) is 2.49. The van der Waals surface area contributed by atoms with E-state index in [9.17, 15) is 0 Å². The summed E-state index contributed by atoms with van der Waals surface area (Å²) in [5, 5.41) is 3.39. The van der Waals surface area contributed by atoms with E-state index in [2.05, 4.69) is 22.1 Å². The van der Waals surface area contributed by atoms with Crippen LogP contribution < -0.4 is 16.0 Å². The maximum absolute atomic E-state index is 5.87. The average molecular weight is 192 g/mol.